The summed E-state index contributed by atoms with van der Waals surface area (Å²) in [6, 6.07) is 22.2. The van der Waals surface area contributed by atoms with Crippen molar-refractivity contribution in [3.8, 4) is 23.3 Å². The van der Waals surface area contributed by atoms with Crippen LogP contribution in [-0.4, -0.2) is 42.2 Å². The number of carboxylic acids is 1. The number of carbonyl (C=O) groups is 1. The summed E-state index contributed by atoms with van der Waals surface area (Å²) in [5, 5.41) is 33.4. The fourth-order valence-electron chi connectivity index (χ4n) is 3.67. The van der Waals surface area contributed by atoms with Crippen molar-refractivity contribution in [2.24, 2.45) is 0 Å². The molecule has 186 valence electrons. The number of aliphatic hydroxyl groups is 1. The molecule has 0 fully saturated rings. The Morgan fingerprint density at radius 2 is 1.72 bits per heavy atom. The number of ether oxygens (including phenoxy) is 3. The Morgan fingerprint density at radius 1 is 1.06 bits per heavy atom. The molecule has 1 aliphatic rings. The van der Waals surface area contributed by atoms with Crippen molar-refractivity contribution in [2.45, 2.75) is 25.4 Å². The summed E-state index contributed by atoms with van der Waals surface area (Å²) in [7, 11) is 1.00. The van der Waals surface area contributed by atoms with Gasteiger partial charge < -0.3 is 29.8 Å². The molecule has 0 bridgehead atoms. The van der Waals surface area contributed by atoms with Crippen molar-refractivity contribution in [2.75, 3.05) is 20.3 Å². The van der Waals surface area contributed by atoms with Gasteiger partial charge >= 0.3 is 5.97 Å². The van der Waals surface area contributed by atoms with E-state index in [-0.39, 0.29) is 13.0 Å². The third-order valence-corrected chi connectivity index (χ3v) is 5.57. The molecule has 1 atom stereocenters. The summed E-state index contributed by atoms with van der Waals surface area (Å²) < 4.78 is 17.1. The topological polar surface area (TPSA) is 133 Å². The highest BCUT2D eigenvalue weighted by Gasteiger charge is 2.15. The third-order valence-electron chi connectivity index (χ3n) is 5.57. The van der Waals surface area contributed by atoms with Crippen molar-refractivity contribution in [1.29, 1.82) is 10.7 Å². The average Bonchev–Trinajstić information content (AvgIpc) is 3.39. The van der Waals surface area contributed by atoms with Crippen LogP contribution < -0.4 is 14.2 Å². The number of benzene rings is 3. The minimum Gasteiger partial charge on any atom is -0.493 e. The molecule has 0 radical (unpaired) electrons. The average molecular weight is 489 g/mol. The second-order valence-electron chi connectivity index (χ2n) is 7.97. The monoisotopic (exact) mass is 488 g/mol. The van der Waals surface area contributed by atoms with Crippen molar-refractivity contribution in [3.05, 3.63) is 89.0 Å². The first kappa shape index (κ1) is 26.3. The predicted octanol–water partition coefficient (Wildman–Crippen LogP) is 4.34. The van der Waals surface area contributed by atoms with Gasteiger partial charge in [-0.2, -0.15) is 5.26 Å². The zero-order valence-corrected chi connectivity index (χ0v) is 19.9. The normalized spacial score (nSPS) is 12.1. The zero-order valence-electron chi connectivity index (χ0n) is 19.9. The van der Waals surface area contributed by atoms with Crippen LogP contribution in [0.4, 0.5) is 0 Å². The van der Waals surface area contributed by atoms with E-state index in [2.05, 4.69) is 0 Å². The first-order valence-corrected chi connectivity index (χ1v) is 11.4. The van der Waals surface area contributed by atoms with Gasteiger partial charge in [-0.05, 0) is 64.7 Å². The fraction of sp³-hybridized carbons (Fsp3) is 0.250. The zero-order chi connectivity index (χ0) is 25.9. The first-order valence-electron chi connectivity index (χ1n) is 11.4. The fourth-order valence-corrected chi connectivity index (χ4v) is 3.67. The molecule has 3 N–H and O–H groups in total. The SMILES string of the molecule is CO.N#CC(CC(=O)O)c1ccc(OCc2ccc(OCC(=N)c3ccc4c(c3)CCO4)cc2)cc1. The third kappa shape index (κ3) is 7.08. The van der Waals surface area contributed by atoms with Crippen molar-refractivity contribution < 1.29 is 29.2 Å². The van der Waals surface area contributed by atoms with E-state index in [0.29, 0.717) is 36.0 Å². The Balaban J connectivity index is 0.00000176. The molecule has 1 heterocycles. The Labute approximate surface area is 209 Å². The van der Waals surface area contributed by atoms with Gasteiger partial charge in [-0.25, -0.2) is 0 Å². The van der Waals surface area contributed by atoms with Gasteiger partial charge in [-0.3, -0.25) is 4.79 Å². The quantitative estimate of drug-likeness (QED) is 0.362. The van der Waals surface area contributed by atoms with Crippen LogP contribution in [-0.2, 0) is 17.8 Å². The smallest absolute Gasteiger partial charge is 0.305 e. The van der Waals surface area contributed by atoms with E-state index in [1.165, 1.54) is 0 Å². The lowest BCUT2D eigenvalue weighted by Gasteiger charge is -2.11. The highest BCUT2D eigenvalue weighted by molar-refractivity contribution is 5.99. The van der Waals surface area contributed by atoms with Crippen LogP contribution in [0.2, 0.25) is 0 Å². The second-order valence-corrected chi connectivity index (χ2v) is 7.97. The maximum Gasteiger partial charge on any atom is 0.305 e. The molecule has 0 saturated heterocycles. The number of rotatable bonds is 10. The molecule has 0 spiro atoms. The predicted molar refractivity (Wildman–Crippen MR) is 134 cm³/mol. The largest absolute Gasteiger partial charge is 0.493 e. The highest BCUT2D eigenvalue weighted by Crippen LogP contribution is 2.26. The molecule has 1 aliphatic heterocycles. The lowest BCUT2D eigenvalue weighted by Crippen LogP contribution is -2.11. The van der Waals surface area contributed by atoms with Crippen molar-refractivity contribution in [3.63, 3.8) is 0 Å². The van der Waals surface area contributed by atoms with Gasteiger partial charge in [0.1, 0.15) is 30.5 Å². The van der Waals surface area contributed by atoms with Crippen LogP contribution in [0.15, 0.2) is 66.7 Å². The van der Waals surface area contributed by atoms with E-state index < -0.39 is 11.9 Å². The summed E-state index contributed by atoms with van der Waals surface area (Å²) >= 11 is 0. The minimum absolute atomic E-state index is 0.174. The first-order chi connectivity index (χ1) is 17.5. The number of carboxylic acid groups (broad SMARTS) is 1. The Bertz CT molecular complexity index is 1220. The van der Waals surface area contributed by atoms with Crippen LogP contribution in [0.3, 0.4) is 0 Å². The van der Waals surface area contributed by atoms with Gasteiger partial charge in [-0.1, -0.05) is 24.3 Å². The minimum atomic E-state index is -1.01. The molecule has 0 amide bonds. The summed E-state index contributed by atoms with van der Waals surface area (Å²) in [6.45, 7) is 1.22. The van der Waals surface area contributed by atoms with Gasteiger partial charge in [-0.15, -0.1) is 0 Å². The van der Waals surface area contributed by atoms with Gasteiger partial charge in [0.15, 0.2) is 0 Å². The molecule has 0 aromatic heterocycles. The van der Waals surface area contributed by atoms with Crippen LogP contribution in [0.25, 0.3) is 0 Å². The molecule has 8 heteroatoms. The Morgan fingerprint density at radius 3 is 2.39 bits per heavy atom. The number of nitriles is 1. The number of hydrogen-bond acceptors (Lipinski definition) is 7. The van der Waals surface area contributed by atoms with Crippen LogP contribution in [0.1, 0.15) is 34.6 Å². The van der Waals surface area contributed by atoms with Gasteiger partial charge in [0.2, 0.25) is 0 Å². The lowest BCUT2D eigenvalue weighted by atomic mass is 9.97. The molecular formula is C28H28N2O6. The summed E-state index contributed by atoms with van der Waals surface area (Å²) in [5.41, 5.74) is 3.98. The standard InChI is InChI=1S/C27H24N2O5.CH4O/c28-15-22(14-27(30)31)19-3-8-24(9-4-19)33-16-18-1-6-23(7-2-18)34-17-25(29)20-5-10-26-21(13-20)11-12-32-26;1-2/h1-10,13,22,29H,11-12,14,16-17H2,(H,30,31);2H,1H3. The maximum absolute atomic E-state index is 10.9. The number of hydrogen-bond donors (Lipinski definition) is 3. The number of aliphatic carboxylic acids is 1. The molecule has 0 aliphatic carbocycles. The van der Waals surface area contributed by atoms with Gasteiger partial charge in [0.05, 0.1) is 30.7 Å². The second kappa shape index (κ2) is 12.9. The van der Waals surface area contributed by atoms with E-state index in [9.17, 15) is 4.79 Å². The summed E-state index contributed by atoms with van der Waals surface area (Å²) in [5.74, 6) is 0.509. The Hall–Kier alpha value is -4.35. The molecule has 1 unspecified atom stereocenters. The van der Waals surface area contributed by atoms with Crippen LogP contribution in [0, 0.1) is 16.7 Å². The number of fused-ring (bicyclic) bond motifs is 1. The van der Waals surface area contributed by atoms with Crippen molar-refractivity contribution >= 4 is 11.7 Å². The molecule has 0 saturated carbocycles. The highest BCUT2D eigenvalue weighted by atomic mass is 16.5. The van der Waals surface area contributed by atoms with E-state index in [1.807, 2.05) is 48.5 Å². The van der Waals surface area contributed by atoms with Crippen LogP contribution in [0.5, 0.6) is 17.2 Å². The number of nitrogens with one attached hydrogen (secondary N) is 1. The van der Waals surface area contributed by atoms with E-state index in [1.54, 1.807) is 24.3 Å². The molecule has 8 nitrogen and oxygen atoms in total. The van der Waals surface area contributed by atoms with E-state index in [4.69, 9.17) is 35.1 Å². The van der Waals surface area contributed by atoms with E-state index >= 15 is 0 Å². The summed E-state index contributed by atoms with van der Waals surface area (Å²) in [4.78, 5) is 10.9. The van der Waals surface area contributed by atoms with Crippen LogP contribution >= 0.6 is 0 Å². The van der Waals surface area contributed by atoms with Crippen molar-refractivity contribution in [1.82, 2.24) is 0 Å². The molecular weight excluding hydrogens is 460 g/mol. The van der Waals surface area contributed by atoms with Gasteiger partial charge in [0, 0.05) is 13.5 Å². The lowest BCUT2D eigenvalue weighted by molar-refractivity contribution is -0.137. The molecule has 3 aromatic rings. The van der Waals surface area contributed by atoms with E-state index in [0.717, 1.165) is 36.0 Å². The molecule has 36 heavy (non-hydrogen) atoms. The molecule has 3 aromatic carbocycles. The number of aliphatic hydroxyl groups excluding tert-OH is 1. The van der Waals surface area contributed by atoms with Gasteiger partial charge in [0.25, 0.3) is 0 Å². The summed E-state index contributed by atoms with van der Waals surface area (Å²) in [6.07, 6.45) is 0.642. The maximum atomic E-state index is 10.9. The Kier molecular flexibility index (Phi) is 9.43. The molecule has 4 rings (SSSR count). The number of nitrogens with zero attached hydrogens (tertiary/aromatic N) is 1.